The van der Waals surface area contributed by atoms with Crippen LogP contribution in [0.2, 0.25) is 0 Å². The van der Waals surface area contributed by atoms with Gasteiger partial charge in [0.05, 0.1) is 18.1 Å². The average molecular weight is 251 g/mol. The molecule has 98 valence electrons. The Kier molecular flexibility index (Phi) is 3.99. The maximum atomic E-state index is 10.9. The van der Waals surface area contributed by atoms with E-state index in [9.17, 15) is 10.1 Å². The average Bonchev–Trinajstić information content (AvgIpc) is 2.40. The van der Waals surface area contributed by atoms with E-state index in [4.69, 9.17) is 4.74 Å². The number of morpholine rings is 1. The summed E-state index contributed by atoms with van der Waals surface area (Å²) in [6, 6.07) is 5.13. The number of hydrogen-bond donors (Lipinski definition) is 1. The van der Waals surface area contributed by atoms with Crippen LogP contribution in [0.25, 0.3) is 0 Å². The Labute approximate surface area is 106 Å². The number of nitro groups is 1. The molecule has 6 nitrogen and oxygen atoms in total. The molecule has 0 spiro atoms. The molecule has 0 unspecified atom stereocenters. The van der Waals surface area contributed by atoms with E-state index < -0.39 is 0 Å². The highest BCUT2D eigenvalue weighted by Gasteiger charge is 2.16. The number of anilines is 2. The highest BCUT2D eigenvalue weighted by Crippen LogP contribution is 2.27. The number of nitro benzene ring substituents is 1. The van der Waals surface area contributed by atoms with Crippen molar-refractivity contribution < 1.29 is 9.66 Å². The molecule has 0 amide bonds. The number of nitrogens with zero attached hydrogens (tertiary/aromatic N) is 2. The number of nitrogens with one attached hydrogen (secondary N) is 1. The maximum Gasteiger partial charge on any atom is 0.273 e. The summed E-state index contributed by atoms with van der Waals surface area (Å²) in [5.74, 6) is 0. The minimum atomic E-state index is -0.356. The van der Waals surface area contributed by atoms with E-state index in [1.54, 1.807) is 12.1 Å². The molecule has 0 saturated carbocycles. The van der Waals surface area contributed by atoms with Crippen molar-refractivity contribution in [3.05, 3.63) is 28.3 Å². The number of non-ortho nitro benzene ring substituents is 1. The molecular formula is C12H17N3O3. The second-order valence-electron chi connectivity index (χ2n) is 4.12. The van der Waals surface area contributed by atoms with Gasteiger partial charge in [0, 0.05) is 43.1 Å². The Hall–Kier alpha value is -1.82. The zero-order valence-corrected chi connectivity index (χ0v) is 10.4. The molecule has 0 radical (unpaired) electrons. The van der Waals surface area contributed by atoms with E-state index in [0.717, 1.165) is 31.0 Å². The minimum Gasteiger partial charge on any atom is -0.385 e. The van der Waals surface area contributed by atoms with Crippen LogP contribution < -0.4 is 10.2 Å². The Bertz CT molecular complexity index is 431. The third kappa shape index (κ3) is 2.89. The first-order chi connectivity index (χ1) is 8.70. The lowest BCUT2D eigenvalue weighted by atomic mass is 10.2. The van der Waals surface area contributed by atoms with Gasteiger partial charge in [-0.05, 0) is 13.0 Å². The van der Waals surface area contributed by atoms with Crippen molar-refractivity contribution in [2.24, 2.45) is 0 Å². The molecule has 1 heterocycles. The molecule has 0 atom stereocenters. The van der Waals surface area contributed by atoms with Gasteiger partial charge in [0.25, 0.3) is 5.69 Å². The summed E-state index contributed by atoms with van der Waals surface area (Å²) < 4.78 is 5.29. The predicted octanol–water partition coefficient (Wildman–Crippen LogP) is 1.86. The van der Waals surface area contributed by atoms with Crippen LogP contribution in [0.5, 0.6) is 0 Å². The first-order valence-corrected chi connectivity index (χ1v) is 6.06. The maximum absolute atomic E-state index is 10.9. The summed E-state index contributed by atoms with van der Waals surface area (Å²) >= 11 is 0. The largest absolute Gasteiger partial charge is 0.385 e. The summed E-state index contributed by atoms with van der Waals surface area (Å²) in [6.07, 6.45) is 0. The van der Waals surface area contributed by atoms with Gasteiger partial charge < -0.3 is 15.0 Å². The molecular weight excluding hydrogens is 234 g/mol. The van der Waals surface area contributed by atoms with E-state index in [0.29, 0.717) is 13.2 Å². The molecule has 1 aliphatic heterocycles. The zero-order chi connectivity index (χ0) is 13.0. The van der Waals surface area contributed by atoms with Gasteiger partial charge in [0.1, 0.15) is 0 Å². The van der Waals surface area contributed by atoms with Gasteiger partial charge in [-0.25, -0.2) is 0 Å². The zero-order valence-electron chi connectivity index (χ0n) is 10.4. The Morgan fingerprint density at radius 2 is 2.11 bits per heavy atom. The minimum absolute atomic E-state index is 0.120. The van der Waals surface area contributed by atoms with E-state index in [2.05, 4.69) is 10.2 Å². The van der Waals surface area contributed by atoms with Gasteiger partial charge in [0.2, 0.25) is 0 Å². The van der Waals surface area contributed by atoms with Crippen LogP contribution in [-0.4, -0.2) is 37.8 Å². The summed E-state index contributed by atoms with van der Waals surface area (Å²) in [7, 11) is 0. The molecule has 2 rings (SSSR count). The van der Waals surface area contributed by atoms with Crippen LogP contribution in [0.1, 0.15) is 6.92 Å². The highest BCUT2D eigenvalue weighted by atomic mass is 16.6. The standard InChI is InChI=1S/C12H17N3O3/c1-2-13-10-7-11(9-12(8-10)15(16)17)14-3-5-18-6-4-14/h7-9,13H,2-6H2,1H3. The van der Waals surface area contributed by atoms with Crippen molar-refractivity contribution in [1.29, 1.82) is 0 Å². The molecule has 0 bridgehead atoms. The fraction of sp³-hybridized carbons (Fsp3) is 0.500. The topological polar surface area (TPSA) is 67.6 Å². The van der Waals surface area contributed by atoms with Crippen LogP contribution in [0.3, 0.4) is 0 Å². The molecule has 0 aliphatic carbocycles. The van der Waals surface area contributed by atoms with Gasteiger partial charge in [0.15, 0.2) is 0 Å². The van der Waals surface area contributed by atoms with Gasteiger partial charge in [-0.15, -0.1) is 0 Å². The smallest absolute Gasteiger partial charge is 0.273 e. The first kappa shape index (κ1) is 12.6. The van der Waals surface area contributed by atoms with E-state index in [-0.39, 0.29) is 10.6 Å². The van der Waals surface area contributed by atoms with Crippen LogP contribution >= 0.6 is 0 Å². The Morgan fingerprint density at radius 3 is 2.72 bits per heavy atom. The Balaban J connectivity index is 2.29. The van der Waals surface area contributed by atoms with Crippen molar-refractivity contribution in [1.82, 2.24) is 0 Å². The van der Waals surface area contributed by atoms with Crippen LogP contribution in [0.15, 0.2) is 18.2 Å². The molecule has 18 heavy (non-hydrogen) atoms. The monoisotopic (exact) mass is 251 g/mol. The van der Waals surface area contributed by atoms with Gasteiger partial charge in [-0.3, -0.25) is 10.1 Å². The lowest BCUT2D eigenvalue weighted by molar-refractivity contribution is -0.384. The summed E-state index contributed by atoms with van der Waals surface area (Å²) in [5.41, 5.74) is 1.78. The van der Waals surface area contributed by atoms with Crippen LogP contribution in [0.4, 0.5) is 17.1 Å². The third-order valence-electron chi connectivity index (χ3n) is 2.87. The number of hydrogen-bond acceptors (Lipinski definition) is 5. The SMILES string of the molecule is CCNc1cc(N2CCOCC2)cc([N+](=O)[O-])c1. The van der Waals surface area contributed by atoms with Crippen molar-refractivity contribution >= 4 is 17.1 Å². The lowest BCUT2D eigenvalue weighted by Crippen LogP contribution is -2.36. The number of rotatable bonds is 4. The van der Waals surface area contributed by atoms with Crippen molar-refractivity contribution in [2.45, 2.75) is 6.92 Å². The van der Waals surface area contributed by atoms with Gasteiger partial charge in [-0.1, -0.05) is 0 Å². The molecule has 1 fully saturated rings. The van der Waals surface area contributed by atoms with E-state index >= 15 is 0 Å². The highest BCUT2D eigenvalue weighted by molar-refractivity contribution is 5.64. The molecule has 6 heteroatoms. The summed E-state index contributed by atoms with van der Waals surface area (Å²) in [6.45, 7) is 5.58. The fourth-order valence-corrected chi connectivity index (χ4v) is 2.01. The lowest BCUT2D eigenvalue weighted by Gasteiger charge is -2.29. The predicted molar refractivity (Wildman–Crippen MR) is 70.3 cm³/mol. The first-order valence-electron chi connectivity index (χ1n) is 6.06. The van der Waals surface area contributed by atoms with Gasteiger partial charge in [-0.2, -0.15) is 0 Å². The van der Waals surface area contributed by atoms with E-state index in [1.165, 1.54) is 0 Å². The molecule has 1 aliphatic rings. The number of ether oxygens (including phenoxy) is 1. The summed E-state index contributed by atoms with van der Waals surface area (Å²) in [4.78, 5) is 12.7. The molecule has 1 aromatic carbocycles. The van der Waals surface area contributed by atoms with E-state index in [1.807, 2.05) is 13.0 Å². The number of benzene rings is 1. The quantitative estimate of drug-likeness (QED) is 0.653. The Morgan fingerprint density at radius 1 is 1.39 bits per heavy atom. The van der Waals surface area contributed by atoms with Gasteiger partial charge >= 0.3 is 0 Å². The van der Waals surface area contributed by atoms with Crippen LogP contribution in [-0.2, 0) is 4.74 Å². The van der Waals surface area contributed by atoms with Crippen LogP contribution in [0, 0.1) is 10.1 Å². The summed E-state index contributed by atoms with van der Waals surface area (Å²) in [5, 5.41) is 14.0. The second kappa shape index (κ2) is 5.68. The fourth-order valence-electron chi connectivity index (χ4n) is 2.01. The molecule has 1 saturated heterocycles. The molecule has 0 aromatic heterocycles. The normalized spacial score (nSPS) is 15.5. The third-order valence-corrected chi connectivity index (χ3v) is 2.87. The molecule has 1 aromatic rings. The van der Waals surface area contributed by atoms with Crippen molar-refractivity contribution in [2.75, 3.05) is 43.1 Å². The van der Waals surface area contributed by atoms with Crippen molar-refractivity contribution in [3.8, 4) is 0 Å². The second-order valence-corrected chi connectivity index (χ2v) is 4.12. The van der Waals surface area contributed by atoms with Crippen molar-refractivity contribution in [3.63, 3.8) is 0 Å². The molecule has 1 N–H and O–H groups in total.